The highest BCUT2D eigenvalue weighted by atomic mass is 79.9. The van der Waals surface area contributed by atoms with Crippen LogP contribution in [0.5, 0.6) is 0 Å². The molecule has 1 aliphatic heterocycles. The molecule has 2 nitrogen and oxygen atoms in total. The van der Waals surface area contributed by atoms with Crippen LogP contribution in [0.2, 0.25) is 0 Å². The third kappa shape index (κ3) is 1.33. The number of aromatic nitrogens is 2. The summed E-state index contributed by atoms with van der Waals surface area (Å²) < 4.78 is 3.57. The number of nitrogens with zero attached hydrogens (tertiary/aromatic N) is 2. The van der Waals surface area contributed by atoms with E-state index in [-0.39, 0.29) is 0 Å². The van der Waals surface area contributed by atoms with E-state index in [4.69, 9.17) is 0 Å². The van der Waals surface area contributed by atoms with Crippen LogP contribution in [0.25, 0.3) is 0 Å². The minimum atomic E-state index is 0.769. The van der Waals surface area contributed by atoms with Crippen molar-refractivity contribution in [3.05, 3.63) is 16.1 Å². The molecule has 3 rings (SSSR count). The summed E-state index contributed by atoms with van der Waals surface area (Å²) in [5.41, 5.74) is 1.44. The Labute approximate surface area is 92.8 Å². The molecule has 14 heavy (non-hydrogen) atoms. The van der Waals surface area contributed by atoms with Crippen LogP contribution in [0.1, 0.15) is 43.6 Å². The molecule has 2 aliphatic rings. The van der Waals surface area contributed by atoms with E-state index in [0.29, 0.717) is 0 Å². The molecule has 0 radical (unpaired) electrons. The fraction of sp³-hybridized carbons (Fsp3) is 0.727. The van der Waals surface area contributed by atoms with Gasteiger partial charge in [0.2, 0.25) is 0 Å². The maximum absolute atomic E-state index is 4.67. The van der Waals surface area contributed by atoms with E-state index >= 15 is 0 Å². The first kappa shape index (κ1) is 8.96. The zero-order valence-corrected chi connectivity index (χ0v) is 10.0. The molecule has 1 aliphatic carbocycles. The van der Waals surface area contributed by atoms with Crippen molar-refractivity contribution in [2.45, 2.75) is 45.1 Å². The number of rotatable bonds is 1. The zero-order valence-electron chi connectivity index (χ0n) is 8.46. The standard InChI is InChI=1S/C11H15BrN2/c1-7-2-5-9-10(12)13-11(8-3-4-8)14(9)6-7/h7-8H,2-6H2,1H3. The van der Waals surface area contributed by atoms with Gasteiger partial charge >= 0.3 is 0 Å². The fourth-order valence-corrected chi connectivity index (χ4v) is 2.95. The zero-order chi connectivity index (χ0) is 9.71. The van der Waals surface area contributed by atoms with Gasteiger partial charge in [-0.1, -0.05) is 6.92 Å². The third-order valence-corrected chi connectivity index (χ3v) is 4.00. The lowest BCUT2D eigenvalue weighted by molar-refractivity contribution is 0.390. The summed E-state index contributed by atoms with van der Waals surface area (Å²) in [5.74, 6) is 2.94. The van der Waals surface area contributed by atoms with E-state index in [2.05, 4.69) is 32.4 Å². The normalized spacial score (nSPS) is 26.3. The lowest BCUT2D eigenvalue weighted by Crippen LogP contribution is -2.19. The van der Waals surface area contributed by atoms with Gasteiger partial charge in [0.1, 0.15) is 10.4 Å². The number of imidazole rings is 1. The van der Waals surface area contributed by atoms with Crippen LogP contribution in [-0.2, 0) is 13.0 Å². The number of fused-ring (bicyclic) bond motifs is 1. The average Bonchev–Trinajstić information content (AvgIpc) is 2.93. The lowest BCUT2D eigenvalue weighted by atomic mass is 10.0. The van der Waals surface area contributed by atoms with Crippen molar-refractivity contribution in [3.63, 3.8) is 0 Å². The van der Waals surface area contributed by atoms with Gasteiger partial charge in [0.05, 0.1) is 5.69 Å². The van der Waals surface area contributed by atoms with Crippen molar-refractivity contribution in [2.24, 2.45) is 5.92 Å². The van der Waals surface area contributed by atoms with Crippen LogP contribution >= 0.6 is 15.9 Å². The van der Waals surface area contributed by atoms with Crippen LogP contribution in [-0.4, -0.2) is 9.55 Å². The Morgan fingerprint density at radius 2 is 2.14 bits per heavy atom. The number of hydrogen-bond acceptors (Lipinski definition) is 1. The first-order chi connectivity index (χ1) is 6.75. The molecule has 0 saturated heterocycles. The molecule has 1 aromatic heterocycles. The Morgan fingerprint density at radius 1 is 1.36 bits per heavy atom. The van der Waals surface area contributed by atoms with E-state index < -0.39 is 0 Å². The SMILES string of the molecule is CC1CCc2c(Br)nc(C3CC3)n2C1. The minimum Gasteiger partial charge on any atom is -0.330 e. The first-order valence-electron chi connectivity index (χ1n) is 5.50. The molecule has 76 valence electrons. The van der Waals surface area contributed by atoms with E-state index in [1.54, 1.807) is 0 Å². The van der Waals surface area contributed by atoms with Crippen molar-refractivity contribution in [1.82, 2.24) is 9.55 Å². The van der Waals surface area contributed by atoms with Crippen LogP contribution < -0.4 is 0 Å². The molecule has 0 N–H and O–H groups in total. The monoisotopic (exact) mass is 254 g/mol. The highest BCUT2D eigenvalue weighted by molar-refractivity contribution is 9.10. The van der Waals surface area contributed by atoms with Crippen molar-refractivity contribution in [1.29, 1.82) is 0 Å². The predicted octanol–water partition coefficient (Wildman–Crippen LogP) is 3.11. The molecular formula is C11H15BrN2. The van der Waals surface area contributed by atoms with Crippen LogP contribution in [0, 0.1) is 5.92 Å². The van der Waals surface area contributed by atoms with Crippen molar-refractivity contribution < 1.29 is 0 Å². The van der Waals surface area contributed by atoms with Gasteiger partial charge in [-0.15, -0.1) is 0 Å². The number of hydrogen-bond donors (Lipinski definition) is 0. The second-order valence-electron chi connectivity index (χ2n) is 4.74. The molecule has 3 heteroatoms. The Hall–Kier alpha value is -0.310. The first-order valence-corrected chi connectivity index (χ1v) is 6.30. The molecular weight excluding hydrogens is 240 g/mol. The molecule has 1 aromatic rings. The molecule has 0 bridgehead atoms. The van der Waals surface area contributed by atoms with Crippen LogP contribution in [0.15, 0.2) is 4.60 Å². The second kappa shape index (κ2) is 3.09. The molecule has 1 unspecified atom stereocenters. The molecule has 1 fully saturated rings. The highest BCUT2D eigenvalue weighted by Gasteiger charge is 2.32. The van der Waals surface area contributed by atoms with Gasteiger partial charge < -0.3 is 4.57 Å². The molecule has 0 aromatic carbocycles. The van der Waals surface area contributed by atoms with E-state index in [0.717, 1.165) is 16.4 Å². The average molecular weight is 255 g/mol. The number of halogens is 1. The molecule has 0 spiro atoms. The lowest BCUT2D eigenvalue weighted by Gasteiger charge is -2.22. The van der Waals surface area contributed by atoms with E-state index in [1.165, 1.54) is 43.7 Å². The summed E-state index contributed by atoms with van der Waals surface area (Å²) in [6.45, 7) is 3.52. The van der Waals surface area contributed by atoms with Gasteiger partial charge in [0.25, 0.3) is 0 Å². The van der Waals surface area contributed by atoms with Crippen LogP contribution in [0.3, 0.4) is 0 Å². The Kier molecular flexibility index (Phi) is 1.98. The Bertz CT molecular complexity index is 366. The molecule has 0 amide bonds. The summed E-state index contributed by atoms with van der Waals surface area (Å²) in [6, 6.07) is 0. The summed E-state index contributed by atoms with van der Waals surface area (Å²) in [4.78, 5) is 4.67. The summed E-state index contributed by atoms with van der Waals surface area (Å²) in [7, 11) is 0. The topological polar surface area (TPSA) is 17.8 Å². The second-order valence-corrected chi connectivity index (χ2v) is 5.49. The van der Waals surface area contributed by atoms with Gasteiger partial charge in [-0.25, -0.2) is 4.98 Å². The molecule has 1 saturated carbocycles. The van der Waals surface area contributed by atoms with Gasteiger partial charge in [-0.2, -0.15) is 0 Å². The summed E-state index contributed by atoms with van der Waals surface area (Å²) >= 11 is 3.59. The minimum absolute atomic E-state index is 0.769. The van der Waals surface area contributed by atoms with Crippen molar-refractivity contribution in [3.8, 4) is 0 Å². The summed E-state index contributed by atoms with van der Waals surface area (Å²) in [5, 5.41) is 0. The predicted molar refractivity (Wildman–Crippen MR) is 59.4 cm³/mol. The van der Waals surface area contributed by atoms with E-state index in [9.17, 15) is 0 Å². The van der Waals surface area contributed by atoms with Gasteiger partial charge in [-0.3, -0.25) is 0 Å². The fourth-order valence-electron chi connectivity index (χ4n) is 2.36. The van der Waals surface area contributed by atoms with Gasteiger partial charge in [0, 0.05) is 12.5 Å². The molecule has 2 heterocycles. The van der Waals surface area contributed by atoms with Crippen LogP contribution in [0.4, 0.5) is 0 Å². The Morgan fingerprint density at radius 3 is 2.86 bits per heavy atom. The highest BCUT2D eigenvalue weighted by Crippen LogP contribution is 2.42. The van der Waals surface area contributed by atoms with Gasteiger partial charge in [0.15, 0.2) is 0 Å². The van der Waals surface area contributed by atoms with Crippen molar-refractivity contribution >= 4 is 15.9 Å². The Balaban J connectivity index is 2.05. The smallest absolute Gasteiger partial charge is 0.127 e. The largest absolute Gasteiger partial charge is 0.330 e. The quantitative estimate of drug-likeness (QED) is 0.754. The van der Waals surface area contributed by atoms with Gasteiger partial charge in [-0.05, 0) is 47.5 Å². The molecule has 1 atom stereocenters. The third-order valence-electron chi connectivity index (χ3n) is 3.36. The maximum atomic E-state index is 4.67. The summed E-state index contributed by atoms with van der Waals surface area (Å²) in [6.07, 6.45) is 5.20. The van der Waals surface area contributed by atoms with Crippen molar-refractivity contribution in [2.75, 3.05) is 0 Å². The van der Waals surface area contributed by atoms with E-state index in [1.807, 2.05) is 0 Å². The maximum Gasteiger partial charge on any atom is 0.127 e.